The van der Waals surface area contributed by atoms with E-state index in [0.717, 1.165) is 5.69 Å². The van der Waals surface area contributed by atoms with Gasteiger partial charge >= 0.3 is 0 Å². The highest BCUT2D eigenvalue weighted by Crippen LogP contribution is 2.28. The van der Waals surface area contributed by atoms with Gasteiger partial charge in [0.2, 0.25) is 0 Å². The van der Waals surface area contributed by atoms with Crippen molar-refractivity contribution >= 4 is 17.5 Å². The Labute approximate surface area is 159 Å². The third-order valence-electron chi connectivity index (χ3n) is 3.70. The van der Waals surface area contributed by atoms with Gasteiger partial charge in [-0.1, -0.05) is 6.07 Å². The summed E-state index contributed by atoms with van der Waals surface area (Å²) in [5.41, 5.74) is 6.50. The third kappa shape index (κ3) is 5.37. The number of benzene rings is 2. The molecule has 7 heteroatoms. The van der Waals surface area contributed by atoms with Crippen molar-refractivity contribution in [3.8, 4) is 11.5 Å². The zero-order chi connectivity index (χ0) is 20.0. The molecule has 2 amide bonds. The summed E-state index contributed by atoms with van der Waals surface area (Å²) in [6.07, 6.45) is -0.0178. The van der Waals surface area contributed by atoms with E-state index >= 15 is 0 Å². The molecule has 144 valence electrons. The van der Waals surface area contributed by atoms with Crippen molar-refractivity contribution in [2.45, 2.75) is 20.0 Å². The van der Waals surface area contributed by atoms with E-state index in [4.69, 9.17) is 9.47 Å². The Kier molecular flexibility index (Phi) is 6.65. The Morgan fingerprint density at radius 2 is 1.56 bits per heavy atom. The fraction of sp³-hybridized carbons (Fsp3) is 0.300. The van der Waals surface area contributed by atoms with Gasteiger partial charge in [-0.25, -0.2) is 0 Å². The second-order valence-corrected chi connectivity index (χ2v) is 6.39. The molecule has 0 bridgehead atoms. The number of hydrogen-bond donors (Lipinski definition) is 2. The van der Waals surface area contributed by atoms with Gasteiger partial charge in [0.15, 0.2) is 11.5 Å². The number of hydrogen-bond acceptors (Lipinski definition) is 5. The van der Waals surface area contributed by atoms with Crippen LogP contribution in [-0.2, 0) is 0 Å². The summed E-state index contributed by atoms with van der Waals surface area (Å²) in [6, 6.07) is 11.9. The van der Waals surface area contributed by atoms with Crippen LogP contribution in [-0.4, -0.2) is 39.1 Å². The van der Waals surface area contributed by atoms with Crippen molar-refractivity contribution in [2.24, 2.45) is 0 Å². The average Bonchev–Trinajstić information content (AvgIpc) is 2.65. The van der Waals surface area contributed by atoms with E-state index in [-0.39, 0.29) is 6.10 Å². The number of carbonyl (C=O) groups is 2. The minimum Gasteiger partial charge on any atom is -0.493 e. The zero-order valence-corrected chi connectivity index (χ0v) is 16.2. The Morgan fingerprint density at radius 1 is 0.926 bits per heavy atom. The lowest BCUT2D eigenvalue weighted by Gasteiger charge is -2.15. The van der Waals surface area contributed by atoms with Crippen LogP contribution in [0.1, 0.15) is 34.6 Å². The average molecular weight is 371 g/mol. The molecule has 2 rings (SSSR count). The maximum atomic E-state index is 12.3. The number of amides is 2. The number of ether oxygens (including phenoxy) is 2. The van der Waals surface area contributed by atoms with Crippen LogP contribution in [0.3, 0.4) is 0 Å². The van der Waals surface area contributed by atoms with Gasteiger partial charge < -0.3 is 14.4 Å². The minimum absolute atomic E-state index is 0.0178. The molecule has 0 unspecified atom stereocenters. The lowest BCUT2D eigenvalue weighted by atomic mass is 10.2. The maximum absolute atomic E-state index is 12.3. The number of nitrogens with zero attached hydrogens (tertiary/aromatic N) is 1. The van der Waals surface area contributed by atoms with Crippen LogP contribution in [0.15, 0.2) is 42.5 Å². The van der Waals surface area contributed by atoms with Gasteiger partial charge in [0.1, 0.15) is 0 Å². The summed E-state index contributed by atoms with van der Waals surface area (Å²) in [5.74, 6) is 0.134. The molecule has 2 aromatic carbocycles. The standard InChI is InChI=1S/C20H25N3O4/c1-13(2)27-17-10-9-15(12-18(17)26-5)20(25)22-21-19(24)14-7-6-8-16(11-14)23(3)4/h6-13H,1-5H3,(H,21,24)(H,22,25). The van der Waals surface area contributed by atoms with Gasteiger partial charge in [0.25, 0.3) is 11.8 Å². The molecular formula is C20H25N3O4. The van der Waals surface area contributed by atoms with Crippen molar-refractivity contribution in [3.05, 3.63) is 53.6 Å². The highest BCUT2D eigenvalue weighted by Gasteiger charge is 2.14. The molecule has 2 N–H and O–H groups in total. The predicted octanol–water partition coefficient (Wildman–Crippen LogP) is 2.62. The molecule has 0 aromatic heterocycles. The van der Waals surface area contributed by atoms with Gasteiger partial charge in [-0.15, -0.1) is 0 Å². The molecule has 0 saturated heterocycles. The van der Waals surface area contributed by atoms with Crippen LogP contribution < -0.4 is 25.2 Å². The Hall–Kier alpha value is -3.22. The van der Waals surface area contributed by atoms with E-state index < -0.39 is 11.8 Å². The van der Waals surface area contributed by atoms with Crippen LogP contribution >= 0.6 is 0 Å². The molecule has 0 spiro atoms. The Morgan fingerprint density at radius 3 is 2.11 bits per heavy atom. The summed E-state index contributed by atoms with van der Waals surface area (Å²) in [7, 11) is 5.28. The van der Waals surface area contributed by atoms with Gasteiger partial charge in [-0.05, 0) is 50.2 Å². The molecule has 0 heterocycles. The number of rotatable bonds is 6. The molecule has 0 aliphatic heterocycles. The first-order valence-electron chi connectivity index (χ1n) is 8.54. The van der Waals surface area contributed by atoms with E-state index in [0.29, 0.717) is 22.6 Å². The van der Waals surface area contributed by atoms with E-state index in [9.17, 15) is 9.59 Å². The summed E-state index contributed by atoms with van der Waals surface area (Å²) < 4.78 is 10.9. The Bertz CT molecular complexity index is 819. The molecule has 0 atom stereocenters. The second-order valence-electron chi connectivity index (χ2n) is 6.39. The number of hydrazine groups is 1. The highest BCUT2D eigenvalue weighted by atomic mass is 16.5. The number of nitrogens with one attached hydrogen (secondary N) is 2. The SMILES string of the molecule is COc1cc(C(=O)NNC(=O)c2cccc(N(C)C)c2)ccc1OC(C)C. The van der Waals surface area contributed by atoms with Crippen molar-refractivity contribution in [1.29, 1.82) is 0 Å². The smallest absolute Gasteiger partial charge is 0.269 e. The predicted molar refractivity (Wildman–Crippen MR) is 104 cm³/mol. The molecule has 0 fully saturated rings. The van der Waals surface area contributed by atoms with Crippen LogP contribution in [0.2, 0.25) is 0 Å². The van der Waals surface area contributed by atoms with E-state index in [1.165, 1.54) is 7.11 Å². The largest absolute Gasteiger partial charge is 0.493 e. The summed E-state index contributed by atoms with van der Waals surface area (Å²) >= 11 is 0. The number of methoxy groups -OCH3 is 1. The van der Waals surface area contributed by atoms with Gasteiger partial charge in [0, 0.05) is 30.9 Å². The normalized spacial score (nSPS) is 10.3. The first-order chi connectivity index (χ1) is 12.8. The molecule has 0 saturated carbocycles. The third-order valence-corrected chi connectivity index (χ3v) is 3.70. The molecule has 0 aliphatic rings. The second kappa shape index (κ2) is 8.93. The molecule has 0 aliphatic carbocycles. The van der Waals surface area contributed by atoms with E-state index in [2.05, 4.69) is 10.9 Å². The van der Waals surface area contributed by atoms with Crippen molar-refractivity contribution in [2.75, 3.05) is 26.1 Å². The molecule has 7 nitrogen and oxygen atoms in total. The summed E-state index contributed by atoms with van der Waals surface area (Å²) in [6.45, 7) is 3.81. The first-order valence-corrected chi connectivity index (χ1v) is 8.54. The van der Waals surface area contributed by atoms with Crippen molar-refractivity contribution in [1.82, 2.24) is 10.9 Å². The quantitative estimate of drug-likeness (QED) is 0.763. The molecule has 0 radical (unpaired) electrons. The fourth-order valence-corrected chi connectivity index (χ4v) is 2.34. The van der Waals surface area contributed by atoms with Crippen LogP contribution in [0, 0.1) is 0 Å². The van der Waals surface area contributed by atoms with Crippen LogP contribution in [0.4, 0.5) is 5.69 Å². The summed E-state index contributed by atoms with van der Waals surface area (Å²) in [4.78, 5) is 26.5. The van der Waals surface area contributed by atoms with Gasteiger partial charge in [-0.2, -0.15) is 0 Å². The monoisotopic (exact) mass is 371 g/mol. The zero-order valence-electron chi connectivity index (χ0n) is 16.2. The fourth-order valence-electron chi connectivity index (χ4n) is 2.34. The van der Waals surface area contributed by atoms with Crippen molar-refractivity contribution in [3.63, 3.8) is 0 Å². The summed E-state index contributed by atoms with van der Waals surface area (Å²) in [5, 5.41) is 0. The molecule has 27 heavy (non-hydrogen) atoms. The minimum atomic E-state index is -0.457. The first kappa shape index (κ1) is 20.1. The number of anilines is 1. The number of carbonyl (C=O) groups excluding carboxylic acids is 2. The maximum Gasteiger partial charge on any atom is 0.269 e. The van der Waals surface area contributed by atoms with E-state index in [1.807, 2.05) is 38.9 Å². The van der Waals surface area contributed by atoms with Crippen LogP contribution in [0.5, 0.6) is 11.5 Å². The van der Waals surface area contributed by atoms with Gasteiger partial charge in [-0.3, -0.25) is 20.4 Å². The molecule has 2 aromatic rings. The van der Waals surface area contributed by atoms with E-state index in [1.54, 1.807) is 36.4 Å². The van der Waals surface area contributed by atoms with Crippen molar-refractivity contribution < 1.29 is 19.1 Å². The lowest BCUT2D eigenvalue weighted by molar-refractivity contribution is 0.0846. The topological polar surface area (TPSA) is 79.9 Å². The highest BCUT2D eigenvalue weighted by molar-refractivity contribution is 5.99. The lowest BCUT2D eigenvalue weighted by Crippen LogP contribution is -2.41. The molecular weight excluding hydrogens is 346 g/mol. The Balaban J connectivity index is 2.05. The van der Waals surface area contributed by atoms with Gasteiger partial charge in [0.05, 0.1) is 13.2 Å². The van der Waals surface area contributed by atoms with Crippen LogP contribution in [0.25, 0.3) is 0 Å².